The van der Waals surface area contributed by atoms with E-state index >= 15 is 0 Å². The number of ether oxygens (including phenoxy) is 3. The molecule has 0 aromatic heterocycles. The molecule has 5 heteroatoms. The lowest BCUT2D eigenvalue weighted by Gasteiger charge is -2.37. The monoisotopic (exact) mass is 296 g/mol. The first-order valence-corrected chi connectivity index (χ1v) is 7.57. The van der Waals surface area contributed by atoms with E-state index in [4.69, 9.17) is 14.2 Å². The summed E-state index contributed by atoms with van der Waals surface area (Å²) in [4.78, 5) is 23.6. The summed E-state index contributed by atoms with van der Waals surface area (Å²) in [7, 11) is 0. The van der Waals surface area contributed by atoms with Crippen molar-refractivity contribution in [2.24, 2.45) is 17.8 Å². The van der Waals surface area contributed by atoms with Crippen LogP contribution in [0.15, 0.2) is 12.7 Å². The molecule has 0 aliphatic heterocycles. The Morgan fingerprint density at radius 2 is 2.10 bits per heavy atom. The Bertz CT molecular complexity index is 419. The SMILES string of the molecule is C=CC(=O)OC1(C)CC2CC(C1)C(C(=O)OCOCC)C2. The minimum atomic E-state index is -0.492. The number of hydrogen-bond acceptors (Lipinski definition) is 5. The van der Waals surface area contributed by atoms with Crippen LogP contribution < -0.4 is 0 Å². The van der Waals surface area contributed by atoms with Crippen LogP contribution in [-0.4, -0.2) is 30.9 Å². The Hall–Kier alpha value is -1.36. The smallest absolute Gasteiger partial charge is 0.330 e. The van der Waals surface area contributed by atoms with Crippen LogP contribution in [0.25, 0.3) is 0 Å². The summed E-state index contributed by atoms with van der Waals surface area (Å²) in [5, 5.41) is 0. The average Bonchev–Trinajstić information content (AvgIpc) is 2.74. The molecule has 2 rings (SSSR count). The molecule has 0 heterocycles. The zero-order valence-corrected chi connectivity index (χ0v) is 12.8. The maximum atomic E-state index is 12.1. The van der Waals surface area contributed by atoms with Crippen LogP contribution in [0.5, 0.6) is 0 Å². The molecule has 21 heavy (non-hydrogen) atoms. The van der Waals surface area contributed by atoms with E-state index in [0.717, 1.165) is 19.3 Å². The third-order valence-corrected chi connectivity index (χ3v) is 4.51. The van der Waals surface area contributed by atoms with Gasteiger partial charge in [-0.25, -0.2) is 4.79 Å². The van der Waals surface area contributed by atoms with Crippen molar-refractivity contribution in [2.45, 2.75) is 45.1 Å². The number of esters is 2. The molecular weight excluding hydrogens is 272 g/mol. The van der Waals surface area contributed by atoms with E-state index in [1.165, 1.54) is 6.08 Å². The first kappa shape index (κ1) is 16.0. The summed E-state index contributed by atoms with van der Waals surface area (Å²) in [6.07, 6.45) is 4.53. The van der Waals surface area contributed by atoms with E-state index in [-0.39, 0.29) is 24.6 Å². The van der Waals surface area contributed by atoms with Gasteiger partial charge in [-0.05, 0) is 51.4 Å². The minimum absolute atomic E-state index is 0.0198. The van der Waals surface area contributed by atoms with Crippen LogP contribution in [0.3, 0.4) is 0 Å². The van der Waals surface area contributed by atoms with Crippen molar-refractivity contribution in [2.75, 3.05) is 13.4 Å². The lowest BCUT2D eigenvalue weighted by Crippen LogP contribution is -2.38. The molecule has 0 aromatic rings. The van der Waals surface area contributed by atoms with Crippen molar-refractivity contribution in [3.63, 3.8) is 0 Å². The molecule has 0 saturated heterocycles. The van der Waals surface area contributed by atoms with Crippen LogP contribution in [-0.2, 0) is 23.8 Å². The van der Waals surface area contributed by atoms with Crippen molar-refractivity contribution in [1.82, 2.24) is 0 Å². The molecule has 0 N–H and O–H groups in total. The standard InChI is InChI=1S/C16H24O5/c1-4-14(17)21-16(3)8-11-6-12(9-16)13(7-11)15(18)20-10-19-5-2/h4,11-13H,1,5-10H2,2-3H3. The van der Waals surface area contributed by atoms with Crippen LogP contribution in [0, 0.1) is 17.8 Å². The molecule has 2 saturated carbocycles. The molecule has 0 amide bonds. The third-order valence-electron chi connectivity index (χ3n) is 4.51. The highest BCUT2D eigenvalue weighted by Gasteiger charge is 2.50. The van der Waals surface area contributed by atoms with Gasteiger partial charge >= 0.3 is 11.9 Å². The van der Waals surface area contributed by atoms with E-state index in [0.29, 0.717) is 18.9 Å². The molecule has 2 aliphatic rings. The van der Waals surface area contributed by atoms with Gasteiger partial charge in [-0.2, -0.15) is 0 Å². The van der Waals surface area contributed by atoms with Gasteiger partial charge < -0.3 is 14.2 Å². The number of carbonyl (C=O) groups excluding carboxylic acids is 2. The van der Waals surface area contributed by atoms with Crippen LogP contribution in [0.1, 0.15) is 39.5 Å². The fourth-order valence-electron chi connectivity index (χ4n) is 3.83. The van der Waals surface area contributed by atoms with Crippen molar-refractivity contribution in [3.8, 4) is 0 Å². The van der Waals surface area contributed by atoms with Gasteiger partial charge in [0.1, 0.15) is 5.60 Å². The highest BCUT2D eigenvalue weighted by atomic mass is 16.7. The Morgan fingerprint density at radius 3 is 2.76 bits per heavy atom. The van der Waals surface area contributed by atoms with Crippen molar-refractivity contribution >= 4 is 11.9 Å². The van der Waals surface area contributed by atoms with Gasteiger partial charge in [0.05, 0.1) is 5.92 Å². The molecule has 118 valence electrons. The molecular formula is C16H24O5. The summed E-state index contributed by atoms with van der Waals surface area (Å²) in [6.45, 7) is 7.78. The maximum Gasteiger partial charge on any atom is 0.330 e. The second kappa shape index (κ2) is 6.60. The second-order valence-corrected chi connectivity index (χ2v) is 6.26. The van der Waals surface area contributed by atoms with Crippen LogP contribution >= 0.6 is 0 Å². The zero-order chi connectivity index (χ0) is 15.5. The van der Waals surface area contributed by atoms with Gasteiger partial charge in [0, 0.05) is 12.7 Å². The lowest BCUT2D eigenvalue weighted by molar-refractivity contribution is -0.163. The molecule has 0 spiro atoms. The Balaban J connectivity index is 1.94. The maximum absolute atomic E-state index is 12.1. The normalized spacial score (nSPS) is 34.3. The van der Waals surface area contributed by atoms with Gasteiger partial charge in [-0.15, -0.1) is 0 Å². The zero-order valence-electron chi connectivity index (χ0n) is 12.8. The van der Waals surface area contributed by atoms with E-state index in [9.17, 15) is 9.59 Å². The van der Waals surface area contributed by atoms with Gasteiger partial charge in [0.2, 0.25) is 0 Å². The first-order valence-electron chi connectivity index (χ1n) is 7.57. The summed E-state index contributed by atoms with van der Waals surface area (Å²) < 4.78 is 15.7. The molecule has 4 unspecified atom stereocenters. The Morgan fingerprint density at radius 1 is 1.33 bits per heavy atom. The predicted molar refractivity (Wildman–Crippen MR) is 76.2 cm³/mol. The number of carbonyl (C=O) groups is 2. The number of hydrogen-bond donors (Lipinski definition) is 0. The topological polar surface area (TPSA) is 61.8 Å². The molecule has 2 fully saturated rings. The van der Waals surface area contributed by atoms with Gasteiger partial charge in [-0.1, -0.05) is 6.58 Å². The molecule has 4 atom stereocenters. The lowest BCUT2D eigenvalue weighted by atomic mass is 9.77. The van der Waals surface area contributed by atoms with Gasteiger partial charge in [0.25, 0.3) is 0 Å². The fraction of sp³-hybridized carbons (Fsp3) is 0.750. The van der Waals surface area contributed by atoms with E-state index < -0.39 is 11.6 Å². The highest BCUT2D eigenvalue weighted by molar-refractivity contribution is 5.81. The number of fused-ring (bicyclic) bond motifs is 2. The summed E-state index contributed by atoms with van der Waals surface area (Å²) in [6, 6.07) is 0. The number of rotatable bonds is 6. The van der Waals surface area contributed by atoms with Crippen LogP contribution in [0.4, 0.5) is 0 Å². The van der Waals surface area contributed by atoms with E-state index in [1.807, 2.05) is 13.8 Å². The second-order valence-electron chi connectivity index (χ2n) is 6.26. The first-order chi connectivity index (χ1) is 9.97. The molecule has 5 nitrogen and oxygen atoms in total. The van der Waals surface area contributed by atoms with E-state index in [1.54, 1.807) is 0 Å². The minimum Gasteiger partial charge on any atom is -0.456 e. The molecule has 0 radical (unpaired) electrons. The van der Waals surface area contributed by atoms with Crippen molar-refractivity contribution in [3.05, 3.63) is 12.7 Å². The van der Waals surface area contributed by atoms with E-state index in [2.05, 4.69) is 6.58 Å². The Labute approximate surface area is 125 Å². The summed E-state index contributed by atoms with van der Waals surface area (Å²) in [5.41, 5.74) is -0.492. The van der Waals surface area contributed by atoms with Crippen LogP contribution in [0.2, 0.25) is 0 Å². The molecule has 2 bridgehead atoms. The molecule has 2 aliphatic carbocycles. The summed E-state index contributed by atoms with van der Waals surface area (Å²) in [5.74, 6) is -0.0410. The summed E-state index contributed by atoms with van der Waals surface area (Å²) >= 11 is 0. The van der Waals surface area contributed by atoms with Gasteiger partial charge in [-0.3, -0.25) is 4.79 Å². The quantitative estimate of drug-likeness (QED) is 0.326. The van der Waals surface area contributed by atoms with Crippen molar-refractivity contribution < 1.29 is 23.8 Å². The van der Waals surface area contributed by atoms with Gasteiger partial charge in [0.15, 0.2) is 6.79 Å². The fourth-order valence-corrected chi connectivity index (χ4v) is 3.83. The highest BCUT2D eigenvalue weighted by Crippen LogP contribution is 2.51. The molecule has 0 aromatic carbocycles. The Kier molecular flexibility index (Phi) is 5.04. The average molecular weight is 296 g/mol. The van der Waals surface area contributed by atoms with Crippen molar-refractivity contribution in [1.29, 1.82) is 0 Å². The third kappa shape index (κ3) is 3.84. The predicted octanol–water partition coefficient (Wildman–Crippen LogP) is 2.45. The largest absolute Gasteiger partial charge is 0.456 e.